The lowest BCUT2D eigenvalue weighted by Crippen LogP contribution is -2.20. The summed E-state index contributed by atoms with van der Waals surface area (Å²) in [6.45, 7) is 7.05. The lowest BCUT2D eigenvalue weighted by molar-refractivity contribution is -0.144. The highest BCUT2D eigenvalue weighted by Gasteiger charge is 2.22. The lowest BCUT2D eigenvalue weighted by atomic mass is 9.94. The molecule has 2 heteroatoms. The van der Waals surface area contributed by atoms with E-state index in [9.17, 15) is 4.79 Å². The molecule has 1 N–H and O–H groups in total. The summed E-state index contributed by atoms with van der Waals surface area (Å²) < 4.78 is 0. The van der Waals surface area contributed by atoms with Gasteiger partial charge in [-0.05, 0) is 39.3 Å². The highest BCUT2D eigenvalue weighted by molar-refractivity contribution is 5.75. The maximum absolute atomic E-state index is 10.6. The maximum atomic E-state index is 10.6. The summed E-state index contributed by atoms with van der Waals surface area (Å²) in [6.07, 6.45) is 1.57. The zero-order valence-corrected chi connectivity index (χ0v) is 7.43. The SMILES string of the molecule is CC(C)=C=CC(C)(C)C(=O)O. The number of hydrogen-bond acceptors (Lipinski definition) is 1. The molecule has 0 amide bonds. The number of carboxylic acid groups (broad SMARTS) is 1. The molecule has 0 atom stereocenters. The van der Waals surface area contributed by atoms with Gasteiger partial charge in [-0.1, -0.05) is 0 Å². The molecule has 0 aromatic rings. The Labute approximate surface area is 67.2 Å². The molecule has 0 spiro atoms. The van der Waals surface area contributed by atoms with Crippen LogP contribution in [0.1, 0.15) is 27.7 Å². The van der Waals surface area contributed by atoms with Crippen LogP contribution in [0, 0.1) is 5.41 Å². The second-order valence-electron chi connectivity index (χ2n) is 3.32. The number of aliphatic carboxylic acids is 1. The average molecular weight is 154 g/mol. The summed E-state index contributed by atoms with van der Waals surface area (Å²) >= 11 is 0. The molecule has 0 heterocycles. The van der Waals surface area contributed by atoms with Crippen molar-refractivity contribution in [3.8, 4) is 0 Å². The van der Waals surface area contributed by atoms with Gasteiger partial charge in [-0.15, -0.1) is 5.73 Å². The Bertz CT molecular complexity index is 214. The monoisotopic (exact) mass is 154 g/mol. The van der Waals surface area contributed by atoms with Crippen molar-refractivity contribution in [1.82, 2.24) is 0 Å². The summed E-state index contributed by atoms with van der Waals surface area (Å²) in [5, 5.41) is 8.67. The van der Waals surface area contributed by atoms with Crippen LogP contribution in [-0.4, -0.2) is 11.1 Å². The van der Waals surface area contributed by atoms with E-state index in [-0.39, 0.29) is 0 Å². The molecular formula is C9H14O2. The maximum Gasteiger partial charge on any atom is 0.313 e. The Morgan fingerprint density at radius 3 is 2.18 bits per heavy atom. The third-order valence-corrected chi connectivity index (χ3v) is 1.27. The molecule has 0 bridgehead atoms. The van der Waals surface area contributed by atoms with Crippen molar-refractivity contribution < 1.29 is 9.90 Å². The minimum absolute atomic E-state index is 0.808. The van der Waals surface area contributed by atoms with Crippen LogP contribution in [0.3, 0.4) is 0 Å². The van der Waals surface area contributed by atoms with Gasteiger partial charge in [-0.3, -0.25) is 4.79 Å². The van der Waals surface area contributed by atoms with Crippen molar-refractivity contribution in [2.45, 2.75) is 27.7 Å². The third-order valence-electron chi connectivity index (χ3n) is 1.27. The van der Waals surface area contributed by atoms with Gasteiger partial charge >= 0.3 is 5.97 Å². The van der Waals surface area contributed by atoms with E-state index in [1.54, 1.807) is 19.9 Å². The minimum Gasteiger partial charge on any atom is -0.481 e. The van der Waals surface area contributed by atoms with Crippen molar-refractivity contribution in [2.75, 3.05) is 0 Å². The van der Waals surface area contributed by atoms with Crippen molar-refractivity contribution >= 4 is 5.97 Å². The predicted octanol–water partition coefficient (Wildman–Crippen LogP) is 2.22. The molecule has 0 unspecified atom stereocenters. The summed E-state index contributed by atoms with van der Waals surface area (Å²) in [6, 6.07) is 0. The fourth-order valence-corrected chi connectivity index (χ4v) is 0.386. The van der Waals surface area contributed by atoms with E-state index < -0.39 is 11.4 Å². The standard InChI is InChI=1S/C9H14O2/c1-7(2)5-6-9(3,4)8(10)11/h6H,1-4H3,(H,10,11). The van der Waals surface area contributed by atoms with Crippen molar-refractivity contribution in [2.24, 2.45) is 5.41 Å². The summed E-state index contributed by atoms with van der Waals surface area (Å²) in [5.74, 6) is -0.828. The summed E-state index contributed by atoms with van der Waals surface area (Å²) in [5.41, 5.74) is 3.06. The van der Waals surface area contributed by atoms with Gasteiger partial charge < -0.3 is 5.11 Å². The van der Waals surface area contributed by atoms with E-state index in [0.717, 1.165) is 5.57 Å². The first-order chi connectivity index (χ1) is 4.86. The first-order valence-electron chi connectivity index (χ1n) is 3.51. The predicted molar refractivity (Wildman–Crippen MR) is 44.4 cm³/mol. The van der Waals surface area contributed by atoms with Gasteiger partial charge in [0.25, 0.3) is 0 Å². The summed E-state index contributed by atoms with van der Waals surface area (Å²) in [4.78, 5) is 10.6. The smallest absolute Gasteiger partial charge is 0.313 e. The molecule has 0 saturated carbocycles. The van der Waals surface area contributed by atoms with Crippen molar-refractivity contribution in [3.05, 3.63) is 17.4 Å². The molecule has 62 valence electrons. The van der Waals surface area contributed by atoms with Gasteiger partial charge in [0.1, 0.15) is 0 Å². The van der Waals surface area contributed by atoms with Crippen LogP contribution in [0.2, 0.25) is 0 Å². The van der Waals surface area contributed by atoms with Crippen LogP contribution < -0.4 is 0 Å². The quantitative estimate of drug-likeness (QED) is 0.619. The molecule has 0 aromatic heterocycles. The lowest BCUT2D eigenvalue weighted by Gasteiger charge is -2.10. The van der Waals surface area contributed by atoms with Crippen LogP contribution in [0.15, 0.2) is 17.4 Å². The molecule has 0 rings (SSSR count). The summed E-state index contributed by atoms with van der Waals surface area (Å²) in [7, 11) is 0. The Morgan fingerprint density at radius 2 is 1.91 bits per heavy atom. The van der Waals surface area contributed by atoms with E-state index in [2.05, 4.69) is 5.73 Å². The van der Waals surface area contributed by atoms with E-state index in [0.29, 0.717) is 0 Å². The minimum atomic E-state index is -0.828. The second-order valence-corrected chi connectivity index (χ2v) is 3.32. The van der Waals surface area contributed by atoms with Gasteiger partial charge in [0.2, 0.25) is 0 Å². The molecule has 0 aromatic carbocycles. The van der Waals surface area contributed by atoms with Crippen LogP contribution >= 0.6 is 0 Å². The van der Waals surface area contributed by atoms with Crippen LogP contribution in [0.5, 0.6) is 0 Å². The molecule has 0 saturated heterocycles. The average Bonchev–Trinajstić information content (AvgIpc) is 1.84. The Kier molecular flexibility index (Phi) is 3.09. The fourth-order valence-electron chi connectivity index (χ4n) is 0.386. The normalized spacial score (nSPS) is 10.2. The Hall–Kier alpha value is -1.01. The van der Waals surface area contributed by atoms with Gasteiger partial charge in [0, 0.05) is 0 Å². The molecule has 0 aliphatic rings. The van der Waals surface area contributed by atoms with Crippen LogP contribution in [-0.2, 0) is 4.79 Å². The number of carbonyl (C=O) groups is 1. The van der Waals surface area contributed by atoms with E-state index in [1.807, 2.05) is 13.8 Å². The van der Waals surface area contributed by atoms with Gasteiger partial charge in [0.05, 0.1) is 5.41 Å². The molecule has 0 aliphatic carbocycles. The van der Waals surface area contributed by atoms with Crippen LogP contribution in [0.25, 0.3) is 0 Å². The van der Waals surface area contributed by atoms with E-state index in [1.165, 1.54) is 0 Å². The highest BCUT2D eigenvalue weighted by Crippen LogP contribution is 2.16. The van der Waals surface area contributed by atoms with Gasteiger partial charge in [-0.25, -0.2) is 0 Å². The molecular weight excluding hydrogens is 140 g/mol. The topological polar surface area (TPSA) is 37.3 Å². The van der Waals surface area contributed by atoms with Gasteiger partial charge in [0.15, 0.2) is 0 Å². The molecule has 0 radical (unpaired) electrons. The van der Waals surface area contributed by atoms with Gasteiger partial charge in [-0.2, -0.15) is 0 Å². The second kappa shape index (κ2) is 3.40. The number of hydrogen-bond donors (Lipinski definition) is 1. The zero-order chi connectivity index (χ0) is 9.07. The molecule has 0 aliphatic heterocycles. The highest BCUT2D eigenvalue weighted by atomic mass is 16.4. The first kappa shape index (κ1) is 9.99. The Morgan fingerprint density at radius 1 is 1.45 bits per heavy atom. The van der Waals surface area contributed by atoms with Crippen molar-refractivity contribution in [3.63, 3.8) is 0 Å². The Balaban J connectivity index is 4.62. The van der Waals surface area contributed by atoms with Crippen LogP contribution in [0.4, 0.5) is 0 Å². The molecule has 2 nitrogen and oxygen atoms in total. The number of rotatable bonds is 2. The third kappa shape index (κ3) is 3.64. The largest absolute Gasteiger partial charge is 0.481 e. The van der Waals surface area contributed by atoms with E-state index >= 15 is 0 Å². The van der Waals surface area contributed by atoms with E-state index in [4.69, 9.17) is 5.11 Å². The van der Waals surface area contributed by atoms with Crippen molar-refractivity contribution in [1.29, 1.82) is 0 Å². The molecule has 11 heavy (non-hydrogen) atoms. The first-order valence-corrected chi connectivity index (χ1v) is 3.51. The number of carboxylic acids is 1. The zero-order valence-electron chi connectivity index (χ0n) is 7.43. The fraction of sp³-hybridized carbons (Fsp3) is 0.556. The molecule has 0 fully saturated rings.